The van der Waals surface area contributed by atoms with E-state index in [1.165, 1.54) is 5.57 Å². The van der Waals surface area contributed by atoms with Gasteiger partial charge in [0, 0.05) is 24.3 Å². The third-order valence-electron chi connectivity index (χ3n) is 4.29. The van der Waals surface area contributed by atoms with Crippen molar-refractivity contribution in [2.24, 2.45) is 0 Å². The molecule has 1 amide bonds. The Bertz CT molecular complexity index is 743. The molecule has 1 aromatic carbocycles. The molecular weight excluding hydrogens is 300 g/mol. The molecule has 0 radical (unpaired) electrons. The molecule has 1 aliphatic rings. The second kappa shape index (κ2) is 7.45. The lowest BCUT2D eigenvalue weighted by molar-refractivity contribution is 0.0956. The van der Waals surface area contributed by atoms with Crippen LogP contribution in [0, 0.1) is 13.8 Å². The van der Waals surface area contributed by atoms with E-state index in [0.717, 1.165) is 43.0 Å². The molecular formula is C19H24N4O. The summed E-state index contributed by atoms with van der Waals surface area (Å²) in [6, 6.07) is 9.82. The zero-order valence-electron chi connectivity index (χ0n) is 14.3. The van der Waals surface area contributed by atoms with Crippen molar-refractivity contribution >= 4 is 5.91 Å². The number of aryl methyl sites for hydroxylation is 2. The van der Waals surface area contributed by atoms with Gasteiger partial charge in [-0.2, -0.15) is 5.10 Å². The number of amides is 1. The van der Waals surface area contributed by atoms with Crippen molar-refractivity contribution in [3.05, 3.63) is 64.5 Å². The maximum atomic E-state index is 12.2. The van der Waals surface area contributed by atoms with Crippen molar-refractivity contribution in [1.29, 1.82) is 0 Å². The minimum absolute atomic E-state index is 0.0212. The van der Waals surface area contributed by atoms with Crippen molar-refractivity contribution in [3.63, 3.8) is 0 Å². The number of hydrogen-bond acceptors (Lipinski definition) is 3. The molecule has 0 saturated carbocycles. The second-order valence-corrected chi connectivity index (χ2v) is 6.28. The first-order valence-electron chi connectivity index (χ1n) is 8.38. The molecule has 0 fully saturated rings. The van der Waals surface area contributed by atoms with Crippen molar-refractivity contribution in [3.8, 4) is 0 Å². The molecule has 0 spiro atoms. The summed E-state index contributed by atoms with van der Waals surface area (Å²) in [7, 11) is 0. The molecule has 0 bridgehead atoms. The van der Waals surface area contributed by atoms with Gasteiger partial charge in [-0.05, 0) is 50.6 Å². The molecule has 2 heterocycles. The van der Waals surface area contributed by atoms with Gasteiger partial charge in [0.15, 0.2) is 0 Å². The molecule has 0 aliphatic carbocycles. The number of aromatic nitrogens is 2. The van der Waals surface area contributed by atoms with Crippen molar-refractivity contribution < 1.29 is 4.79 Å². The smallest absolute Gasteiger partial charge is 0.251 e. The van der Waals surface area contributed by atoms with Crippen LogP contribution in [0.4, 0.5) is 0 Å². The lowest BCUT2D eigenvalue weighted by atomic mass is 10.1. The topological polar surface area (TPSA) is 59.0 Å². The Morgan fingerprint density at radius 1 is 1.29 bits per heavy atom. The summed E-state index contributed by atoms with van der Waals surface area (Å²) in [5, 5.41) is 10.7. The highest BCUT2D eigenvalue weighted by Crippen LogP contribution is 2.10. The van der Waals surface area contributed by atoms with Crippen LogP contribution in [0.3, 0.4) is 0 Å². The first-order chi connectivity index (χ1) is 11.6. The molecule has 3 rings (SSSR count). The lowest BCUT2D eigenvalue weighted by Crippen LogP contribution is -2.29. The quantitative estimate of drug-likeness (QED) is 0.829. The standard InChI is InChI=1S/C19H24N4O/c1-14-11-15(2)23(22-14)13-17-3-5-18(6-4-17)19(24)21-12-16-7-9-20-10-8-16/h3-7,11,20H,8-10,12-13H2,1-2H3,(H,21,24). The molecule has 0 atom stereocenters. The van der Waals surface area contributed by atoms with Crippen LogP contribution in [0.25, 0.3) is 0 Å². The predicted molar refractivity (Wildman–Crippen MR) is 95.1 cm³/mol. The van der Waals surface area contributed by atoms with Gasteiger partial charge in [-0.15, -0.1) is 0 Å². The molecule has 126 valence electrons. The Kier molecular flexibility index (Phi) is 5.11. The number of rotatable bonds is 5. The molecule has 2 N–H and O–H groups in total. The lowest BCUT2D eigenvalue weighted by Gasteiger charge is -2.14. The second-order valence-electron chi connectivity index (χ2n) is 6.28. The van der Waals surface area contributed by atoms with Gasteiger partial charge < -0.3 is 10.6 Å². The van der Waals surface area contributed by atoms with Gasteiger partial charge in [-0.3, -0.25) is 9.48 Å². The van der Waals surface area contributed by atoms with Gasteiger partial charge in [0.05, 0.1) is 12.2 Å². The maximum Gasteiger partial charge on any atom is 0.251 e. The maximum absolute atomic E-state index is 12.2. The summed E-state index contributed by atoms with van der Waals surface area (Å²) in [5.74, 6) is -0.0212. The monoisotopic (exact) mass is 324 g/mol. The van der Waals surface area contributed by atoms with Crippen molar-refractivity contribution in [2.75, 3.05) is 19.6 Å². The SMILES string of the molecule is Cc1cc(C)n(Cc2ccc(C(=O)NCC3=CCNCC3)cc2)n1. The summed E-state index contributed by atoms with van der Waals surface area (Å²) >= 11 is 0. The van der Waals surface area contributed by atoms with E-state index < -0.39 is 0 Å². The van der Waals surface area contributed by atoms with Crippen molar-refractivity contribution in [2.45, 2.75) is 26.8 Å². The van der Waals surface area contributed by atoms with E-state index in [1.54, 1.807) is 0 Å². The Balaban J connectivity index is 1.58. The Morgan fingerprint density at radius 3 is 2.71 bits per heavy atom. The van der Waals surface area contributed by atoms with Gasteiger partial charge in [-0.1, -0.05) is 23.8 Å². The van der Waals surface area contributed by atoms with Gasteiger partial charge >= 0.3 is 0 Å². The van der Waals surface area contributed by atoms with Gasteiger partial charge in [0.1, 0.15) is 0 Å². The minimum Gasteiger partial charge on any atom is -0.348 e. The summed E-state index contributed by atoms with van der Waals surface area (Å²) in [5.41, 5.74) is 5.30. The van der Waals surface area contributed by atoms with Crippen molar-refractivity contribution in [1.82, 2.24) is 20.4 Å². The molecule has 0 unspecified atom stereocenters. The molecule has 5 heteroatoms. The molecule has 1 aromatic heterocycles. The number of nitrogens with one attached hydrogen (secondary N) is 2. The van der Waals surface area contributed by atoms with Crippen LogP contribution >= 0.6 is 0 Å². The summed E-state index contributed by atoms with van der Waals surface area (Å²) in [4.78, 5) is 12.2. The van der Waals surface area contributed by atoms with Crippen LogP contribution in [-0.4, -0.2) is 35.3 Å². The highest BCUT2D eigenvalue weighted by Gasteiger charge is 2.08. The van der Waals surface area contributed by atoms with Crippen LogP contribution in [0.15, 0.2) is 42.0 Å². The van der Waals surface area contributed by atoms with Crippen LogP contribution in [0.1, 0.15) is 33.7 Å². The molecule has 0 saturated heterocycles. The van der Waals surface area contributed by atoms with Crippen LogP contribution < -0.4 is 10.6 Å². The molecule has 24 heavy (non-hydrogen) atoms. The first-order valence-corrected chi connectivity index (χ1v) is 8.38. The zero-order chi connectivity index (χ0) is 16.9. The van der Waals surface area contributed by atoms with Crippen LogP contribution in [0.5, 0.6) is 0 Å². The number of benzene rings is 1. The fourth-order valence-electron chi connectivity index (χ4n) is 2.90. The largest absolute Gasteiger partial charge is 0.348 e. The third-order valence-corrected chi connectivity index (χ3v) is 4.29. The highest BCUT2D eigenvalue weighted by molar-refractivity contribution is 5.94. The summed E-state index contributed by atoms with van der Waals surface area (Å²) < 4.78 is 1.98. The van der Waals surface area contributed by atoms with Crippen LogP contribution in [0.2, 0.25) is 0 Å². The zero-order valence-corrected chi connectivity index (χ0v) is 14.3. The van der Waals surface area contributed by atoms with E-state index in [0.29, 0.717) is 12.1 Å². The van der Waals surface area contributed by atoms with E-state index in [2.05, 4.69) is 34.8 Å². The molecule has 1 aliphatic heterocycles. The minimum atomic E-state index is -0.0212. The fraction of sp³-hybridized carbons (Fsp3) is 0.368. The van der Waals surface area contributed by atoms with E-state index in [-0.39, 0.29) is 5.91 Å². The average Bonchev–Trinajstić information content (AvgIpc) is 2.91. The van der Waals surface area contributed by atoms with E-state index in [4.69, 9.17) is 0 Å². The number of carbonyl (C=O) groups is 1. The Hall–Kier alpha value is -2.40. The van der Waals surface area contributed by atoms with Gasteiger partial charge in [0.2, 0.25) is 0 Å². The summed E-state index contributed by atoms with van der Waals surface area (Å²) in [6.45, 7) is 7.29. The number of nitrogens with zero attached hydrogens (tertiary/aromatic N) is 2. The molecule has 5 nitrogen and oxygen atoms in total. The predicted octanol–water partition coefficient (Wildman–Crippen LogP) is 2.20. The number of carbonyl (C=O) groups excluding carboxylic acids is 1. The normalized spacial score (nSPS) is 14.3. The van der Waals surface area contributed by atoms with E-state index in [9.17, 15) is 4.79 Å². The summed E-state index contributed by atoms with van der Waals surface area (Å²) in [6.07, 6.45) is 3.16. The van der Waals surface area contributed by atoms with E-state index in [1.807, 2.05) is 35.9 Å². The van der Waals surface area contributed by atoms with E-state index >= 15 is 0 Å². The first kappa shape index (κ1) is 16.5. The number of hydrogen-bond donors (Lipinski definition) is 2. The van der Waals surface area contributed by atoms with Gasteiger partial charge in [0.25, 0.3) is 5.91 Å². The highest BCUT2D eigenvalue weighted by atomic mass is 16.1. The fourth-order valence-corrected chi connectivity index (χ4v) is 2.90. The Morgan fingerprint density at radius 2 is 2.08 bits per heavy atom. The van der Waals surface area contributed by atoms with Gasteiger partial charge in [-0.25, -0.2) is 0 Å². The average molecular weight is 324 g/mol. The van der Waals surface area contributed by atoms with Crippen LogP contribution in [-0.2, 0) is 6.54 Å². The molecule has 2 aromatic rings. The Labute approximate surface area is 142 Å². The third kappa shape index (κ3) is 4.11.